The first-order chi connectivity index (χ1) is 6.74. The molecule has 1 aromatic heterocycles. The van der Waals surface area contributed by atoms with Gasteiger partial charge in [0, 0.05) is 18.0 Å². The summed E-state index contributed by atoms with van der Waals surface area (Å²) in [5, 5.41) is 6.42. The van der Waals surface area contributed by atoms with Crippen LogP contribution in [-0.2, 0) is 4.74 Å². The van der Waals surface area contributed by atoms with E-state index in [0.29, 0.717) is 12.1 Å². The summed E-state index contributed by atoms with van der Waals surface area (Å²) >= 11 is 4.98. The van der Waals surface area contributed by atoms with Gasteiger partial charge in [-0.05, 0) is 35.7 Å². The average Bonchev–Trinajstić information content (AvgIpc) is 2.51. The molecule has 1 aromatic rings. The van der Waals surface area contributed by atoms with Crippen LogP contribution >= 0.6 is 27.3 Å². The summed E-state index contributed by atoms with van der Waals surface area (Å²) in [7, 11) is 0. The maximum Gasteiger partial charge on any atom is 0.183 e. The molecule has 1 fully saturated rings. The highest BCUT2D eigenvalue weighted by atomic mass is 79.9. The van der Waals surface area contributed by atoms with E-state index < -0.39 is 0 Å². The van der Waals surface area contributed by atoms with Crippen LogP contribution < -0.4 is 5.32 Å². The topological polar surface area (TPSA) is 34.2 Å². The Labute approximate surface area is 96.0 Å². The third-order valence-corrected chi connectivity index (χ3v) is 3.77. The van der Waals surface area contributed by atoms with Crippen molar-refractivity contribution in [3.63, 3.8) is 0 Å². The monoisotopic (exact) mass is 276 g/mol. The fraction of sp³-hybridized carbons (Fsp3) is 0.667. The van der Waals surface area contributed by atoms with Crippen molar-refractivity contribution in [3.8, 4) is 0 Å². The van der Waals surface area contributed by atoms with Crippen LogP contribution in [0.1, 0.15) is 19.8 Å². The Morgan fingerprint density at radius 2 is 2.57 bits per heavy atom. The third-order valence-electron chi connectivity index (χ3n) is 2.29. The minimum absolute atomic E-state index is 0.365. The molecule has 14 heavy (non-hydrogen) atoms. The van der Waals surface area contributed by atoms with E-state index in [4.69, 9.17) is 4.74 Å². The number of rotatable bonds is 2. The lowest BCUT2D eigenvalue weighted by Gasteiger charge is -2.27. The van der Waals surface area contributed by atoms with E-state index in [1.807, 2.05) is 5.38 Å². The molecule has 0 amide bonds. The van der Waals surface area contributed by atoms with E-state index in [-0.39, 0.29) is 0 Å². The number of nitrogens with zero attached hydrogens (tertiary/aromatic N) is 1. The van der Waals surface area contributed by atoms with Crippen LogP contribution in [0.5, 0.6) is 0 Å². The normalized spacial score (nSPS) is 27.6. The van der Waals surface area contributed by atoms with E-state index in [1.54, 1.807) is 11.3 Å². The molecule has 2 heterocycles. The second kappa shape index (κ2) is 4.59. The maximum absolute atomic E-state index is 5.48. The van der Waals surface area contributed by atoms with Crippen LogP contribution in [0.15, 0.2) is 9.98 Å². The molecule has 2 unspecified atom stereocenters. The molecule has 5 heteroatoms. The van der Waals surface area contributed by atoms with Crippen molar-refractivity contribution in [2.24, 2.45) is 0 Å². The first kappa shape index (κ1) is 10.4. The molecule has 0 radical (unpaired) electrons. The summed E-state index contributed by atoms with van der Waals surface area (Å²) in [6, 6.07) is 0.511. The Kier molecular flexibility index (Phi) is 3.41. The SMILES string of the molecule is CC1CC(Nc2nc(Br)cs2)CCO1. The van der Waals surface area contributed by atoms with Gasteiger partial charge in [0.2, 0.25) is 0 Å². The minimum Gasteiger partial charge on any atom is -0.378 e. The zero-order valence-electron chi connectivity index (χ0n) is 8.00. The zero-order chi connectivity index (χ0) is 9.97. The number of halogens is 1. The van der Waals surface area contributed by atoms with Crippen molar-refractivity contribution in [3.05, 3.63) is 9.98 Å². The summed E-state index contributed by atoms with van der Waals surface area (Å²) in [4.78, 5) is 4.31. The fourth-order valence-electron chi connectivity index (χ4n) is 1.62. The van der Waals surface area contributed by atoms with E-state index in [1.165, 1.54) is 0 Å². The van der Waals surface area contributed by atoms with Crippen molar-refractivity contribution in [2.75, 3.05) is 11.9 Å². The van der Waals surface area contributed by atoms with Crippen molar-refractivity contribution in [1.29, 1.82) is 0 Å². The summed E-state index contributed by atoms with van der Waals surface area (Å²) in [5.74, 6) is 0. The lowest BCUT2D eigenvalue weighted by atomic mass is 10.1. The Morgan fingerprint density at radius 1 is 1.71 bits per heavy atom. The van der Waals surface area contributed by atoms with Gasteiger partial charge in [0.15, 0.2) is 5.13 Å². The van der Waals surface area contributed by atoms with Crippen molar-refractivity contribution < 1.29 is 4.74 Å². The number of anilines is 1. The molecule has 1 aliphatic heterocycles. The number of hydrogen-bond donors (Lipinski definition) is 1. The van der Waals surface area contributed by atoms with Gasteiger partial charge >= 0.3 is 0 Å². The highest BCUT2D eigenvalue weighted by molar-refractivity contribution is 9.10. The maximum atomic E-state index is 5.48. The zero-order valence-corrected chi connectivity index (χ0v) is 10.4. The van der Waals surface area contributed by atoms with Gasteiger partial charge in [-0.1, -0.05) is 0 Å². The molecule has 2 rings (SSSR count). The summed E-state index contributed by atoms with van der Waals surface area (Å²) in [5.41, 5.74) is 0. The van der Waals surface area contributed by atoms with Crippen LogP contribution in [0.3, 0.4) is 0 Å². The second-order valence-electron chi connectivity index (χ2n) is 3.52. The van der Waals surface area contributed by atoms with E-state index in [9.17, 15) is 0 Å². The number of nitrogens with one attached hydrogen (secondary N) is 1. The van der Waals surface area contributed by atoms with Gasteiger partial charge in [0.1, 0.15) is 4.60 Å². The molecule has 0 aliphatic carbocycles. The lowest BCUT2D eigenvalue weighted by Crippen LogP contribution is -2.32. The minimum atomic E-state index is 0.365. The van der Waals surface area contributed by atoms with Gasteiger partial charge in [0.25, 0.3) is 0 Å². The van der Waals surface area contributed by atoms with Crippen molar-refractivity contribution >= 4 is 32.4 Å². The summed E-state index contributed by atoms with van der Waals surface area (Å²) in [6.45, 7) is 2.97. The van der Waals surface area contributed by atoms with Crippen LogP contribution in [0.2, 0.25) is 0 Å². The van der Waals surface area contributed by atoms with Gasteiger partial charge in [-0.3, -0.25) is 0 Å². The van der Waals surface area contributed by atoms with Crippen LogP contribution in [0.4, 0.5) is 5.13 Å². The molecular formula is C9H13BrN2OS. The largest absolute Gasteiger partial charge is 0.378 e. The second-order valence-corrected chi connectivity index (χ2v) is 5.19. The van der Waals surface area contributed by atoms with Gasteiger partial charge in [-0.25, -0.2) is 4.98 Å². The number of ether oxygens (including phenoxy) is 1. The highest BCUT2D eigenvalue weighted by Gasteiger charge is 2.19. The first-order valence-corrected chi connectivity index (χ1v) is 6.40. The van der Waals surface area contributed by atoms with E-state index >= 15 is 0 Å². The Morgan fingerprint density at radius 3 is 3.21 bits per heavy atom. The quantitative estimate of drug-likeness (QED) is 0.902. The Balaban J connectivity index is 1.90. The van der Waals surface area contributed by atoms with Crippen LogP contribution in [-0.4, -0.2) is 23.7 Å². The summed E-state index contributed by atoms with van der Waals surface area (Å²) in [6.07, 6.45) is 2.50. The molecular weight excluding hydrogens is 264 g/mol. The van der Waals surface area contributed by atoms with Crippen molar-refractivity contribution in [2.45, 2.75) is 31.9 Å². The van der Waals surface area contributed by atoms with Gasteiger partial charge in [-0.15, -0.1) is 11.3 Å². The summed E-state index contributed by atoms with van der Waals surface area (Å²) < 4.78 is 6.39. The first-order valence-electron chi connectivity index (χ1n) is 4.73. The molecule has 3 nitrogen and oxygen atoms in total. The Hall–Kier alpha value is -0.130. The van der Waals surface area contributed by atoms with E-state index in [2.05, 4.69) is 33.2 Å². The number of thiazole rings is 1. The molecule has 1 aliphatic rings. The van der Waals surface area contributed by atoms with Crippen molar-refractivity contribution in [1.82, 2.24) is 4.98 Å². The van der Waals surface area contributed by atoms with Crippen LogP contribution in [0, 0.1) is 0 Å². The molecule has 1 N–H and O–H groups in total. The standard InChI is InChI=1S/C9H13BrN2OS/c1-6-4-7(2-3-13-6)11-9-12-8(10)5-14-9/h5-7H,2-4H2,1H3,(H,11,12). The predicted molar refractivity (Wildman–Crippen MR) is 61.9 cm³/mol. The molecule has 0 spiro atoms. The fourth-order valence-corrected chi connectivity index (χ4v) is 2.85. The Bertz CT molecular complexity index is 305. The number of aromatic nitrogens is 1. The third kappa shape index (κ3) is 2.68. The van der Waals surface area contributed by atoms with Gasteiger partial charge in [0.05, 0.1) is 6.10 Å². The molecule has 0 aromatic carbocycles. The molecule has 0 saturated carbocycles. The van der Waals surface area contributed by atoms with E-state index in [0.717, 1.165) is 29.2 Å². The number of hydrogen-bond acceptors (Lipinski definition) is 4. The van der Waals surface area contributed by atoms with Crippen LogP contribution in [0.25, 0.3) is 0 Å². The van der Waals surface area contributed by atoms with Gasteiger partial charge in [-0.2, -0.15) is 0 Å². The molecule has 78 valence electrons. The highest BCUT2D eigenvalue weighted by Crippen LogP contribution is 2.23. The molecule has 0 bridgehead atoms. The smallest absolute Gasteiger partial charge is 0.183 e. The average molecular weight is 277 g/mol. The lowest BCUT2D eigenvalue weighted by molar-refractivity contribution is 0.0232. The predicted octanol–water partition coefficient (Wildman–Crippen LogP) is 2.89. The molecule has 1 saturated heterocycles. The van der Waals surface area contributed by atoms with Gasteiger partial charge < -0.3 is 10.1 Å². The molecule has 2 atom stereocenters.